The number of aryl methyl sites for hydroxylation is 1. The molecule has 3 aliphatic rings. The lowest BCUT2D eigenvalue weighted by Gasteiger charge is -2.55. The van der Waals surface area contributed by atoms with Gasteiger partial charge in [-0.3, -0.25) is 4.98 Å². The second kappa shape index (κ2) is 7.54. The van der Waals surface area contributed by atoms with Crippen molar-refractivity contribution < 1.29 is 9.21 Å². The van der Waals surface area contributed by atoms with Crippen molar-refractivity contribution in [2.45, 2.75) is 64.3 Å². The first-order valence-corrected chi connectivity index (χ1v) is 12.2. The van der Waals surface area contributed by atoms with E-state index in [1.54, 1.807) is 12.4 Å². The lowest BCUT2D eigenvalue weighted by Crippen LogP contribution is -2.62. The average Bonchev–Trinajstić information content (AvgIpc) is 3.24. The van der Waals surface area contributed by atoms with Crippen molar-refractivity contribution in [3.05, 3.63) is 41.3 Å². The summed E-state index contributed by atoms with van der Waals surface area (Å²) in [5.74, 6) is 0.887. The van der Waals surface area contributed by atoms with Gasteiger partial charge >= 0.3 is 6.03 Å². The summed E-state index contributed by atoms with van der Waals surface area (Å²) in [6.07, 6.45) is 8.76. The highest BCUT2D eigenvalue weighted by Gasteiger charge is 2.50. The van der Waals surface area contributed by atoms with Crippen LogP contribution in [-0.4, -0.2) is 56.5 Å². The van der Waals surface area contributed by atoms with Crippen LogP contribution in [0.5, 0.6) is 0 Å². The molecular weight excluding hydrogens is 414 g/mol. The number of piperidine rings is 2. The number of likely N-dealkylation sites (tertiary alicyclic amines) is 2. The van der Waals surface area contributed by atoms with Gasteiger partial charge in [-0.15, -0.1) is 0 Å². The van der Waals surface area contributed by atoms with Crippen LogP contribution >= 0.6 is 0 Å². The summed E-state index contributed by atoms with van der Waals surface area (Å²) in [4.78, 5) is 31.1. The number of fused-ring (bicyclic) bond motifs is 5. The van der Waals surface area contributed by atoms with Crippen molar-refractivity contribution in [2.24, 2.45) is 5.92 Å². The second-order valence-electron chi connectivity index (χ2n) is 10.3. The number of amides is 2. The molecule has 6 rings (SSSR count). The Kier molecular flexibility index (Phi) is 4.71. The maximum Gasteiger partial charge on any atom is 0.320 e. The number of rotatable bonds is 1. The zero-order chi connectivity index (χ0) is 22.7. The molecule has 7 nitrogen and oxygen atoms in total. The molecule has 2 aromatic heterocycles. The van der Waals surface area contributed by atoms with Crippen molar-refractivity contribution >= 4 is 17.1 Å². The van der Waals surface area contributed by atoms with E-state index in [0.717, 1.165) is 62.1 Å². The van der Waals surface area contributed by atoms with E-state index < -0.39 is 0 Å². The van der Waals surface area contributed by atoms with Crippen molar-refractivity contribution in [1.82, 2.24) is 24.8 Å². The molecular formula is C26H31N5O2. The summed E-state index contributed by atoms with van der Waals surface area (Å²) in [5, 5.41) is 0. The summed E-state index contributed by atoms with van der Waals surface area (Å²) in [6, 6.07) is 4.82. The van der Waals surface area contributed by atoms with Crippen LogP contribution in [0.25, 0.3) is 22.7 Å². The van der Waals surface area contributed by atoms with E-state index in [1.807, 2.05) is 6.92 Å². The normalized spacial score (nSPS) is 27.0. The number of oxazole rings is 1. The first-order chi connectivity index (χ1) is 15.9. The van der Waals surface area contributed by atoms with Crippen molar-refractivity contribution in [3.8, 4) is 11.6 Å². The first-order valence-electron chi connectivity index (χ1n) is 12.2. The molecule has 33 heavy (non-hydrogen) atoms. The topological polar surface area (TPSA) is 75.4 Å². The Morgan fingerprint density at radius 1 is 1.12 bits per heavy atom. The number of nitrogens with zero attached hydrogens (tertiary/aromatic N) is 5. The first kappa shape index (κ1) is 20.6. The second-order valence-corrected chi connectivity index (χ2v) is 10.3. The van der Waals surface area contributed by atoms with Crippen LogP contribution in [0.15, 0.2) is 28.9 Å². The Labute approximate surface area is 194 Å². The molecule has 0 N–H and O–H groups in total. The molecule has 2 amide bonds. The molecule has 2 bridgehead atoms. The van der Waals surface area contributed by atoms with E-state index in [2.05, 4.69) is 45.7 Å². The van der Waals surface area contributed by atoms with Crippen LogP contribution in [0.3, 0.4) is 0 Å². The van der Waals surface area contributed by atoms with E-state index in [1.165, 1.54) is 17.5 Å². The van der Waals surface area contributed by atoms with Gasteiger partial charge in [-0.1, -0.05) is 13.8 Å². The van der Waals surface area contributed by atoms with Crippen LogP contribution in [0.2, 0.25) is 0 Å². The maximum absolute atomic E-state index is 13.4. The minimum atomic E-state index is 0.0156. The minimum Gasteiger partial charge on any atom is -0.435 e. The summed E-state index contributed by atoms with van der Waals surface area (Å²) in [5.41, 5.74) is 5.80. The van der Waals surface area contributed by atoms with Crippen molar-refractivity contribution in [2.75, 3.05) is 19.6 Å². The quantitative estimate of drug-likeness (QED) is 0.542. The molecule has 2 saturated heterocycles. The van der Waals surface area contributed by atoms with E-state index in [-0.39, 0.29) is 17.5 Å². The number of benzene rings is 1. The van der Waals surface area contributed by atoms with Gasteiger partial charge in [0.05, 0.1) is 11.9 Å². The van der Waals surface area contributed by atoms with Gasteiger partial charge in [0.15, 0.2) is 5.58 Å². The van der Waals surface area contributed by atoms with E-state index in [4.69, 9.17) is 9.40 Å². The number of hydrogen-bond donors (Lipinski definition) is 0. The Balaban J connectivity index is 1.36. The molecule has 4 heterocycles. The Hall–Kier alpha value is -2.96. The Bertz CT molecular complexity index is 1210. The number of hydrogen-bond acceptors (Lipinski definition) is 5. The zero-order valence-corrected chi connectivity index (χ0v) is 19.7. The maximum atomic E-state index is 13.4. The fraction of sp³-hybridized carbons (Fsp3) is 0.538. The summed E-state index contributed by atoms with van der Waals surface area (Å²) >= 11 is 0. The SMILES string of the molecule is Cc1cnc(-c2nc3cc4c(cc3o2)[C@]2(C)CCN(C(=O)N3CCCCC3)[C@H](C4)C2C)cn1. The molecule has 0 saturated carbocycles. The highest BCUT2D eigenvalue weighted by atomic mass is 16.3. The van der Waals surface area contributed by atoms with Gasteiger partial charge in [-0.2, -0.15) is 0 Å². The van der Waals surface area contributed by atoms with Crippen LogP contribution in [-0.2, 0) is 11.8 Å². The van der Waals surface area contributed by atoms with Gasteiger partial charge in [0, 0.05) is 31.9 Å². The van der Waals surface area contributed by atoms with E-state index in [9.17, 15) is 4.79 Å². The summed E-state index contributed by atoms with van der Waals surface area (Å²) < 4.78 is 6.13. The minimum absolute atomic E-state index is 0.0156. The van der Waals surface area contributed by atoms with Crippen molar-refractivity contribution in [1.29, 1.82) is 0 Å². The van der Waals surface area contributed by atoms with Crippen LogP contribution in [0.1, 0.15) is 56.4 Å². The predicted octanol–water partition coefficient (Wildman–Crippen LogP) is 4.72. The van der Waals surface area contributed by atoms with Gasteiger partial charge < -0.3 is 14.2 Å². The highest BCUT2D eigenvalue weighted by molar-refractivity contribution is 5.79. The molecule has 1 aromatic carbocycles. The molecule has 2 aliphatic heterocycles. The van der Waals surface area contributed by atoms with Crippen LogP contribution in [0, 0.1) is 12.8 Å². The number of carbonyl (C=O) groups is 1. The number of aromatic nitrogens is 3. The predicted molar refractivity (Wildman–Crippen MR) is 126 cm³/mol. The standard InChI is InChI=1S/C26H31N5O2/c1-16-14-28-21(15-27-16)24-29-20-11-18-12-22-17(2)26(3,19(18)13-23(20)33-24)7-10-31(22)25(32)30-8-5-4-6-9-30/h11,13-15,17,22H,4-10,12H2,1-3H3/t17?,22-,26-/m1/s1. The van der Waals surface area contributed by atoms with Gasteiger partial charge in [0.2, 0.25) is 5.89 Å². The van der Waals surface area contributed by atoms with Gasteiger partial charge in [-0.25, -0.2) is 14.8 Å². The third-order valence-electron chi connectivity index (χ3n) is 8.38. The molecule has 0 spiro atoms. The summed E-state index contributed by atoms with van der Waals surface area (Å²) in [7, 11) is 0. The molecule has 3 atom stereocenters. The third-order valence-corrected chi connectivity index (χ3v) is 8.38. The number of urea groups is 1. The lowest BCUT2D eigenvalue weighted by atomic mass is 9.59. The van der Waals surface area contributed by atoms with E-state index in [0.29, 0.717) is 17.5 Å². The molecule has 0 radical (unpaired) electrons. The Morgan fingerprint density at radius 2 is 1.94 bits per heavy atom. The Morgan fingerprint density at radius 3 is 2.70 bits per heavy atom. The molecule has 2 fully saturated rings. The van der Waals surface area contributed by atoms with Crippen LogP contribution in [0.4, 0.5) is 4.79 Å². The monoisotopic (exact) mass is 445 g/mol. The van der Waals surface area contributed by atoms with Crippen molar-refractivity contribution in [3.63, 3.8) is 0 Å². The smallest absolute Gasteiger partial charge is 0.320 e. The third kappa shape index (κ3) is 3.23. The molecule has 1 aliphatic carbocycles. The zero-order valence-electron chi connectivity index (χ0n) is 19.7. The fourth-order valence-corrected chi connectivity index (χ4v) is 6.17. The van der Waals surface area contributed by atoms with Gasteiger partial charge in [0.1, 0.15) is 11.2 Å². The van der Waals surface area contributed by atoms with Crippen LogP contribution < -0.4 is 0 Å². The van der Waals surface area contributed by atoms with Gasteiger partial charge in [0.25, 0.3) is 0 Å². The van der Waals surface area contributed by atoms with Gasteiger partial charge in [-0.05, 0) is 73.6 Å². The summed E-state index contributed by atoms with van der Waals surface area (Å²) in [6.45, 7) is 9.21. The highest BCUT2D eigenvalue weighted by Crippen LogP contribution is 2.49. The largest absolute Gasteiger partial charge is 0.435 e. The molecule has 7 heteroatoms. The molecule has 172 valence electrons. The number of carbonyl (C=O) groups excluding carboxylic acids is 1. The average molecular weight is 446 g/mol. The fourth-order valence-electron chi connectivity index (χ4n) is 6.17. The van der Waals surface area contributed by atoms with E-state index >= 15 is 0 Å². The molecule has 3 aromatic rings. The molecule has 1 unspecified atom stereocenters. The lowest BCUT2D eigenvalue weighted by molar-refractivity contribution is 0.0386.